The van der Waals surface area contributed by atoms with Crippen LogP contribution in [-0.2, 0) is 20.7 Å². The lowest BCUT2D eigenvalue weighted by Gasteiger charge is -2.33. The molecule has 2 atom stereocenters. The van der Waals surface area contributed by atoms with Crippen LogP contribution in [-0.4, -0.2) is 55.3 Å². The summed E-state index contributed by atoms with van der Waals surface area (Å²) in [5.74, 6) is -0.0878. The van der Waals surface area contributed by atoms with Crippen LogP contribution < -0.4 is 4.74 Å². The lowest BCUT2D eigenvalue weighted by Crippen LogP contribution is -2.45. The Bertz CT molecular complexity index is 674. The molecular weight excluding hydrogens is 322 g/mol. The van der Waals surface area contributed by atoms with E-state index in [4.69, 9.17) is 9.47 Å². The summed E-state index contributed by atoms with van der Waals surface area (Å²) in [5.41, 5.74) is 1.27. The highest BCUT2D eigenvalue weighted by Gasteiger charge is 2.54. The predicted molar refractivity (Wildman–Crippen MR) is 91.6 cm³/mol. The number of hydrogen-bond acceptors (Lipinski definition) is 4. The number of methoxy groups -OCH3 is 1. The number of aryl methyl sites for hydroxylation is 2. The zero-order valence-corrected chi connectivity index (χ0v) is 14.8. The fourth-order valence-electron chi connectivity index (χ4n) is 3.92. The monoisotopic (exact) mass is 347 g/mol. The number of benzene rings is 1. The number of nitrogens with zero attached hydrogens (tertiary/aromatic N) is 1. The van der Waals surface area contributed by atoms with E-state index >= 15 is 0 Å². The molecule has 2 saturated heterocycles. The quantitative estimate of drug-likeness (QED) is 0.880. The minimum Gasteiger partial charge on any atom is -0.496 e. The molecule has 0 spiro atoms. The maximum atomic E-state index is 12.6. The van der Waals surface area contributed by atoms with E-state index in [1.807, 2.05) is 25.1 Å². The third kappa shape index (κ3) is 3.35. The van der Waals surface area contributed by atoms with E-state index < -0.39 is 11.4 Å². The summed E-state index contributed by atoms with van der Waals surface area (Å²) in [4.78, 5) is 26.1. The van der Waals surface area contributed by atoms with Gasteiger partial charge in [-0.25, -0.2) is 0 Å². The maximum Gasteiger partial charge on any atom is 0.311 e. The van der Waals surface area contributed by atoms with Gasteiger partial charge in [0.05, 0.1) is 19.1 Å². The van der Waals surface area contributed by atoms with Crippen LogP contribution in [0.15, 0.2) is 18.2 Å². The average molecular weight is 347 g/mol. The Balaban J connectivity index is 1.63. The molecule has 0 radical (unpaired) electrons. The smallest absolute Gasteiger partial charge is 0.311 e. The van der Waals surface area contributed by atoms with Gasteiger partial charge in [-0.1, -0.05) is 12.1 Å². The minimum absolute atomic E-state index is 0.00886. The Morgan fingerprint density at radius 3 is 2.92 bits per heavy atom. The molecule has 6 nitrogen and oxygen atoms in total. The Hall–Kier alpha value is -2.08. The summed E-state index contributed by atoms with van der Waals surface area (Å²) in [7, 11) is 1.64. The van der Waals surface area contributed by atoms with Crippen molar-refractivity contribution in [2.45, 2.75) is 26.2 Å². The number of amides is 1. The molecule has 2 fully saturated rings. The first kappa shape index (κ1) is 17.7. The molecule has 136 valence electrons. The van der Waals surface area contributed by atoms with Crippen molar-refractivity contribution in [2.75, 3.05) is 33.4 Å². The van der Waals surface area contributed by atoms with Crippen LogP contribution in [0.25, 0.3) is 0 Å². The third-order valence-corrected chi connectivity index (χ3v) is 5.59. The first-order valence-electron chi connectivity index (χ1n) is 8.69. The second-order valence-electron chi connectivity index (χ2n) is 7.06. The van der Waals surface area contributed by atoms with Gasteiger partial charge < -0.3 is 19.5 Å². The molecule has 0 aliphatic carbocycles. The van der Waals surface area contributed by atoms with Crippen molar-refractivity contribution in [1.82, 2.24) is 4.90 Å². The first-order valence-corrected chi connectivity index (χ1v) is 8.69. The summed E-state index contributed by atoms with van der Waals surface area (Å²) in [6.07, 6.45) is 1.47. The van der Waals surface area contributed by atoms with Gasteiger partial charge in [0.25, 0.3) is 0 Å². The number of hydrogen-bond donors (Lipinski definition) is 1. The summed E-state index contributed by atoms with van der Waals surface area (Å²) >= 11 is 0. The van der Waals surface area contributed by atoms with Crippen molar-refractivity contribution in [3.05, 3.63) is 29.3 Å². The molecule has 2 heterocycles. The van der Waals surface area contributed by atoms with Crippen LogP contribution >= 0.6 is 0 Å². The maximum absolute atomic E-state index is 12.6. The van der Waals surface area contributed by atoms with Crippen molar-refractivity contribution in [2.24, 2.45) is 11.3 Å². The summed E-state index contributed by atoms with van der Waals surface area (Å²) in [6.45, 7) is 3.63. The molecular formula is C19H25NO5. The molecule has 0 bridgehead atoms. The Morgan fingerprint density at radius 2 is 2.24 bits per heavy atom. The molecule has 2 aliphatic rings. The fraction of sp³-hybridized carbons (Fsp3) is 0.579. The molecule has 1 aromatic rings. The Morgan fingerprint density at radius 1 is 1.44 bits per heavy atom. The Kier molecular flexibility index (Phi) is 4.99. The number of carbonyl (C=O) groups is 2. The van der Waals surface area contributed by atoms with Crippen LogP contribution in [0.5, 0.6) is 5.75 Å². The minimum atomic E-state index is -0.832. The summed E-state index contributed by atoms with van der Waals surface area (Å²) < 4.78 is 10.8. The summed E-state index contributed by atoms with van der Waals surface area (Å²) in [6, 6.07) is 5.94. The van der Waals surface area contributed by atoms with Crippen LogP contribution in [0.1, 0.15) is 24.0 Å². The number of ether oxygens (including phenoxy) is 2. The topological polar surface area (TPSA) is 76.1 Å². The van der Waals surface area contributed by atoms with Crippen molar-refractivity contribution >= 4 is 11.9 Å². The molecule has 6 heteroatoms. The first-order chi connectivity index (χ1) is 12.0. The van der Waals surface area contributed by atoms with Crippen molar-refractivity contribution in [3.8, 4) is 5.75 Å². The highest BCUT2D eigenvalue weighted by Crippen LogP contribution is 2.42. The highest BCUT2D eigenvalue weighted by atomic mass is 16.5. The molecule has 1 amide bonds. The fourth-order valence-corrected chi connectivity index (χ4v) is 3.92. The number of carboxylic acids is 1. The highest BCUT2D eigenvalue weighted by molar-refractivity contribution is 5.81. The average Bonchev–Trinajstić information content (AvgIpc) is 3.02. The summed E-state index contributed by atoms with van der Waals surface area (Å²) in [5, 5.41) is 9.68. The van der Waals surface area contributed by atoms with E-state index in [9.17, 15) is 14.7 Å². The molecule has 1 aromatic carbocycles. The standard InChI is InChI=1S/C19H25NO5/c1-13-3-4-14(9-16(13)24-2)5-6-17(21)20-10-15-11-25-8-7-19(15,12-20)18(22)23/h3-4,9,15H,5-8,10-12H2,1-2H3,(H,22,23)/t15-,19+/m1/s1. The largest absolute Gasteiger partial charge is 0.496 e. The third-order valence-electron chi connectivity index (χ3n) is 5.59. The van der Waals surface area contributed by atoms with E-state index in [2.05, 4.69) is 0 Å². The molecule has 0 aromatic heterocycles. The van der Waals surface area contributed by atoms with Gasteiger partial charge in [0, 0.05) is 32.0 Å². The van der Waals surface area contributed by atoms with Crippen LogP contribution in [0.2, 0.25) is 0 Å². The molecule has 0 unspecified atom stereocenters. The van der Waals surface area contributed by atoms with Gasteiger partial charge in [-0.05, 0) is 37.0 Å². The molecule has 1 N–H and O–H groups in total. The number of carboxylic acid groups (broad SMARTS) is 1. The van der Waals surface area contributed by atoms with E-state index in [1.54, 1.807) is 12.0 Å². The number of likely N-dealkylation sites (tertiary alicyclic amines) is 1. The van der Waals surface area contributed by atoms with Crippen molar-refractivity contribution in [3.63, 3.8) is 0 Å². The SMILES string of the molecule is COc1cc(CCC(=O)N2C[C@@H]3COCC[C@]3(C(=O)O)C2)ccc1C. The van der Waals surface area contributed by atoms with E-state index in [0.717, 1.165) is 16.9 Å². The van der Waals surface area contributed by atoms with Gasteiger partial charge >= 0.3 is 5.97 Å². The van der Waals surface area contributed by atoms with E-state index in [0.29, 0.717) is 45.6 Å². The zero-order valence-electron chi connectivity index (χ0n) is 14.8. The van der Waals surface area contributed by atoms with Gasteiger partial charge in [-0.15, -0.1) is 0 Å². The second-order valence-corrected chi connectivity index (χ2v) is 7.06. The normalized spacial score (nSPS) is 25.5. The number of aliphatic carboxylic acids is 1. The number of carbonyl (C=O) groups excluding carboxylic acids is 1. The van der Waals surface area contributed by atoms with Crippen molar-refractivity contribution < 1.29 is 24.2 Å². The van der Waals surface area contributed by atoms with Crippen LogP contribution in [0.4, 0.5) is 0 Å². The molecule has 25 heavy (non-hydrogen) atoms. The van der Waals surface area contributed by atoms with E-state index in [-0.39, 0.29) is 11.8 Å². The molecule has 2 aliphatic heterocycles. The van der Waals surface area contributed by atoms with Gasteiger partial charge in [-0.3, -0.25) is 9.59 Å². The lowest BCUT2D eigenvalue weighted by atomic mass is 9.74. The second kappa shape index (κ2) is 7.04. The van der Waals surface area contributed by atoms with Crippen LogP contribution in [0.3, 0.4) is 0 Å². The number of fused-ring (bicyclic) bond motifs is 1. The van der Waals surface area contributed by atoms with E-state index in [1.165, 1.54) is 0 Å². The van der Waals surface area contributed by atoms with Crippen molar-refractivity contribution in [1.29, 1.82) is 0 Å². The van der Waals surface area contributed by atoms with Gasteiger partial charge in [0.1, 0.15) is 5.75 Å². The van der Waals surface area contributed by atoms with Crippen LogP contribution in [0, 0.1) is 18.3 Å². The zero-order chi connectivity index (χ0) is 18.0. The molecule has 0 saturated carbocycles. The lowest BCUT2D eigenvalue weighted by molar-refractivity contribution is -0.157. The van der Waals surface area contributed by atoms with Gasteiger partial charge in [0.2, 0.25) is 5.91 Å². The van der Waals surface area contributed by atoms with Gasteiger partial charge in [0.15, 0.2) is 0 Å². The molecule has 3 rings (SSSR count). The number of rotatable bonds is 5. The predicted octanol–water partition coefficient (Wildman–Crippen LogP) is 1.89. The van der Waals surface area contributed by atoms with Gasteiger partial charge in [-0.2, -0.15) is 0 Å². The Labute approximate surface area is 147 Å².